The summed E-state index contributed by atoms with van der Waals surface area (Å²) >= 11 is 1.12. The Morgan fingerprint density at radius 1 is 0.925 bits per heavy atom. The third-order valence-corrected chi connectivity index (χ3v) is 7.28. The molecule has 1 N–H and O–H groups in total. The predicted octanol–water partition coefficient (Wildman–Crippen LogP) is 5.95. The van der Waals surface area contributed by atoms with Crippen LogP contribution in [0.15, 0.2) is 18.2 Å². The Morgan fingerprint density at radius 2 is 1.57 bits per heavy atom. The Hall–Kier alpha value is -3.44. The van der Waals surface area contributed by atoms with Gasteiger partial charge in [-0.25, -0.2) is 8.78 Å². The highest BCUT2D eigenvalue weighted by molar-refractivity contribution is 7.20. The summed E-state index contributed by atoms with van der Waals surface area (Å²) in [5.41, 5.74) is 0.761. The first-order valence-corrected chi connectivity index (χ1v) is 13.7. The van der Waals surface area contributed by atoms with Crippen molar-refractivity contribution in [2.45, 2.75) is 58.7 Å². The van der Waals surface area contributed by atoms with E-state index in [1.165, 1.54) is 20.3 Å². The molecular weight excluding hydrogens is 544 g/mol. The van der Waals surface area contributed by atoms with Gasteiger partial charge in [-0.2, -0.15) is 0 Å². The van der Waals surface area contributed by atoms with Gasteiger partial charge in [-0.3, -0.25) is 9.59 Å². The Morgan fingerprint density at radius 3 is 2.23 bits per heavy atom. The van der Waals surface area contributed by atoms with E-state index in [0.717, 1.165) is 16.9 Å². The number of carbonyl (C=O) groups is 2. The maximum Gasteiger partial charge on any atom is 0.306 e. The van der Waals surface area contributed by atoms with Gasteiger partial charge in [-0.15, -0.1) is 11.3 Å². The summed E-state index contributed by atoms with van der Waals surface area (Å²) in [6.07, 6.45) is 0.220. The molecule has 1 aliphatic heterocycles. The van der Waals surface area contributed by atoms with Crippen LogP contribution in [0.2, 0.25) is 0 Å². The number of carbonyl (C=O) groups excluding carboxylic acids is 2. The highest BCUT2D eigenvalue weighted by Gasteiger charge is 2.24. The average molecular weight is 578 g/mol. The molecule has 0 radical (unpaired) electrons. The van der Waals surface area contributed by atoms with Gasteiger partial charge in [0.2, 0.25) is 0 Å². The van der Waals surface area contributed by atoms with Crippen LogP contribution in [-0.2, 0) is 22.6 Å². The van der Waals surface area contributed by atoms with Crippen molar-refractivity contribution in [1.29, 1.82) is 0 Å². The van der Waals surface area contributed by atoms with Gasteiger partial charge in [0.05, 0.1) is 38.7 Å². The monoisotopic (exact) mass is 577 g/mol. The topological polar surface area (TPSA) is 92.3 Å². The molecule has 4 rings (SSSR count). The minimum absolute atomic E-state index is 0.0391. The molecule has 0 spiro atoms. The summed E-state index contributed by atoms with van der Waals surface area (Å²) in [4.78, 5) is 25.0. The minimum Gasteiger partial charge on any atom is -0.493 e. The van der Waals surface area contributed by atoms with Gasteiger partial charge in [-0.1, -0.05) is 0 Å². The number of nitrogens with one attached hydrogen (secondary N) is 1. The molecule has 1 aliphatic rings. The molecule has 0 bridgehead atoms. The molecule has 0 unspecified atom stereocenters. The SMILES string of the molecule is COc1cc2c(c(F)c1OCCCOc1c(OC)cc3sc(C(=O)CCC(=O)OC(C)(C)C)cc3c1F)CNC2. The number of Topliss-reactive ketones (excluding diaryl/α,β-unsaturated/α-hetero) is 1. The van der Waals surface area contributed by atoms with Gasteiger partial charge in [0, 0.05) is 47.6 Å². The van der Waals surface area contributed by atoms with E-state index >= 15 is 4.39 Å². The first-order valence-electron chi connectivity index (χ1n) is 12.9. The Labute approximate surface area is 235 Å². The van der Waals surface area contributed by atoms with Crippen LogP contribution in [0.1, 0.15) is 60.8 Å². The molecule has 11 heteroatoms. The van der Waals surface area contributed by atoms with Crippen molar-refractivity contribution >= 4 is 33.2 Å². The van der Waals surface area contributed by atoms with Gasteiger partial charge in [0.1, 0.15) is 5.60 Å². The van der Waals surface area contributed by atoms with E-state index in [2.05, 4.69) is 5.32 Å². The number of benzene rings is 2. The second kappa shape index (κ2) is 12.4. The van der Waals surface area contributed by atoms with Gasteiger partial charge in [0.15, 0.2) is 40.4 Å². The van der Waals surface area contributed by atoms with E-state index < -0.39 is 23.2 Å². The Balaban J connectivity index is 1.39. The molecule has 40 heavy (non-hydrogen) atoms. The van der Waals surface area contributed by atoms with Gasteiger partial charge in [-0.05, 0) is 38.5 Å². The van der Waals surface area contributed by atoms with Crippen LogP contribution in [0.3, 0.4) is 0 Å². The molecule has 0 fully saturated rings. The van der Waals surface area contributed by atoms with Gasteiger partial charge < -0.3 is 29.0 Å². The Kier molecular flexibility index (Phi) is 9.15. The largest absolute Gasteiger partial charge is 0.493 e. The normalized spacial score (nSPS) is 12.8. The molecule has 8 nitrogen and oxygen atoms in total. The maximum absolute atomic E-state index is 15.5. The molecule has 0 atom stereocenters. The zero-order valence-electron chi connectivity index (χ0n) is 23.2. The number of halogens is 2. The fraction of sp³-hybridized carbons (Fsp3) is 0.448. The first kappa shape index (κ1) is 29.5. The zero-order chi connectivity index (χ0) is 29.0. The van der Waals surface area contributed by atoms with Crippen LogP contribution in [0.4, 0.5) is 8.78 Å². The van der Waals surface area contributed by atoms with E-state index in [1.807, 2.05) is 0 Å². The number of thiophene rings is 1. The maximum atomic E-state index is 15.5. The zero-order valence-corrected chi connectivity index (χ0v) is 24.0. The average Bonchev–Trinajstić information content (AvgIpc) is 3.55. The van der Waals surface area contributed by atoms with Crippen molar-refractivity contribution in [3.63, 3.8) is 0 Å². The molecule has 1 aromatic heterocycles. The van der Waals surface area contributed by atoms with Crippen LogP contribution in [-0.4, -0.2) is 44.8 Å². The highest BCUT2D eigenvalue weighted by atomic mass is 32.1. The number of ether oxygens (including phenoxy) is 5. The molecule has 0 amide bonds. The minimum atomic E-state index is -0.656. The van der Waals surface area contributed by atoms with Gasteiger partial charge in [0.25, 0.3) is 0 Å². The lowest BCUT2D eigenvalue weighted by Gasteiger charge is -2.19. The van der Waals surface area contributed by atoms with Crippen molar-refractivity contribution in [3.8, 4) is 23.0 Å². The van der Waals surface area contributed by atoms with E-state index in [1.54, 1.807) is 32.9 Å². The molecule has 216 valence electrons. The predicted molar refractivity (Wildman–Crippen MR) is 147 cm³/mol. The molecule has 0 saturated heterocycles. The molecule has 0 aliphatic carbocycles. The summed E-state index contributed by atoms with van der Waals surface area (Å²) in [6, 6.07) is 4.83. The fourth-order valence-corrected chi connectivity index (χ4v) is 5.37. The van der Waals surface area contributed by atoms with Crippen molar-refractivity contribution in [2.24, 2.45) is 0 Å². The third-order valence-electron chi connectivity index (χ3n) is 6.15. The van der Waals surface area contributed by atoms with Crippen molar-refractivity contribution < 1.29 is 42.1 Å². The number of ketones is 1. The smallest absolute Gasteiger partial charge is 0.306 e. The number of hydrogen-bond acceptors (Lipinski definition) is 9. The van der Waals surface area contributed by atoms with Crippen LogP contribution in [0.5, 0.6) is 23.0 Å². The molecular formula is C29H33F2NO7S. The molecule has 2 heterocycles. The number of methoxy groups -OCH3 is 2. The summed E-state index contributed by atoms with van der Waals surface area (Å²) < 4.78 is 58.1. The van der Waals surface area contributed by atoms with Crippen LogP contribution >= 0.6 is 11.3 Å². The van der Waals surface area contributed by atoms with E-state index in [0.29, 0.717) is 40.4 Å². The number of rotatable bonds is 12. The van der Waals surface area contributed by atoms with Crippen LogP contribution < -0.4 is 24.3 Å². The van der Waals surface area contributed by atoms with Crippen LogP contribution in [0, 0.1) is 11.6 Å². The van der Waals surface area contributed by atoms with Crippen molar-refractivity contribution in [1.82, 2.24) is 5.32 Å². The van der Waals surface area contributed by atoms with E-state index in [9.17, 15) is 14.0 Å². The summed E-state index contributed by atoms with van der Waals surface area (Å²) in [7, 11) is 2.85. The quantitative estimate of drug-likeness (QED) is 0.160. The lowest BCUT2D eigenvalue weighted by atomic mass is 10.1. The van der Waals surface area contributed by atoms with Crippen molar-refractivity contribution in [2.75, 3.05) is 27.4 Å². The fourth-order valence-electron chi connectivity index (χ4n) is 4.32. The summed E-state index contributed by atoms with van der Waals surface area (Å²) in [5, 5.41) is 3.32. The molecule has 0 saturated carbocycles. The van der Waals surface area contributed by atoms with Crippen LogP contribution in [0.25, 0.3) is 10.1 Å². The lowest BCUT2D eigenvalue weighted by molar-refractivity contribution is -0.154. The van der Waals surface area contributed by atoms with Gasteiger partial charge >= 0.3 is 5.97 Å². The standard InChI is InChI=1S/C29H33F2NO7S/c1-29(2,3)39-24(34)8-7-19(33)23-12-17-22(40-23)13-21(36-5)28(25(17)30)38-10-6-9-37-27-20(35-4)11-16-14-32-15-18(16)26(27)31/h11-13,32H,6-10,14-15H2,1-5H3. The number of esters is 1. The van der Waals surface area contributed by atoms with E-state index in [4.69, 9.17) is 23.7 Å². The first-order chi connectivity index (χ1) is 19.0. The Bertz CT molecular complexity index is 1410. The van der Waals surface area contributed by atoms with Crippen molar-refractivity contribution in [3.05, 3.63) is 45.8 Å². The second-order valence-electron chi connectivity index (χ2n) is 10.3. The molecule has 2 aromatic carbocycles. The number of hydrogen-bond donors (Lipinski definition) is 1. The van der Waals surface area contributed by atoms with E-state index in [-0.39, 0.29) is 54.5 Å². The third kappa shape index (κ3) is 6.64. The lowest BCUT2D eigenvalue weighted by Crippen LogP contribution is -2.24. The highest BCUT2D eigenvalue weighted by Crippen LogP contribution is 2.41. The summed E-state index contributed by atoms with van der Waals surface area (Å²) in [6.45, 7) is 6.44. The molecule has 3 aromatic rings. The number of fused-ring (bicyclic) bond motifs is 2. The second-order valence-corrected chi connectivity index (χ2v) is 11.4. The summed E-state index contributed by atoms with van der Waals surface area (Å²) in [5.74, 6) is -1.42.